The smallest absolute Gasteiger partial charge is 0.312 e. The Morgan fingerprint density at radius 1 is 1.29 bits per heavy atom. The minimum atomic E-state index is -1.11. The second kappa shape index (κ2) is 12.7. The first-order valence-corrected chi connectivity index (χ1v) is 14.0. The number of rotatable bonds is 14. The van der Waals surface area contributed by atoms with Crippen LogP contribution in [0.2, 0.25) is 0 Å². The van der Waals surface area contributed by atoms with E-state index in [1.54, 1.807) is 17.1 Å². The number of hydrogen-bond acceptors (Lipinski definition) is 8. The largest absolute Gasteiger partial charge is 0.465 e. The third kappa shape index (κ3) is 5.28. The van der Waals surface area contributed by atoms with E-state index in [0.29, 0.717) is 58.5 Å². The number of likely N-dealkylation sites (tertiary alicyclic amines) is 1. The Kier molecular flexibility index (Phi) is 9.62. The molecular weight excluding hydrogens is 490 g/mol. The van der Waals surface area contributed by atoms with Crippen molar-refractivity contribution in [2.75, 3.05) is 59.2 Å². The van der Waals surface area contributed by atoms with Gasteiger partial charge in [0.25, 0.3) is 0 Å². The number of unbranched alkanes of at least 4 members (excludes halogenated alkanes) is 1. The second-order valence-electron chi connectivity index (χ2n) is 10.7. The van der Waals surface area contributed by atoms with Crippen molar-refractivity contribution in [1.82, 2.24) is 14.7 Å². The summed E-state index contributed by atoms with van der Waals surface area (Å²) in [4.78, 5) is 47.0. The number of hydrogen-bond donors (Lipinski definition) is 1. The lowest BCUT2D eigenvalue weighted by atomic mass is 9.70. The summed E-state index contributed by atoms with van der Waals surface area (Å²) in [7, 11) is 0. The zero-order valence-electron chi connectivity index (χ0n) is 22.6. The van der Waals surface area contributed by atoms with Gasteiger partial charge >= 0.3 is 5.97 Å². The van der Waals surface area contributed by atoms with Crippen LogP contribution in [0.25, 0.3) is 0 Å². The zero-order valence-corrected chi connectivity index (χ0v) is 22.6. The van der Waals surface area contributed by atoms with Gasteiger partial charge < -0.3 is 29.1 Å². The molecule has 4 aliphatic rings. The molecule has 10 heteroatoms. The number of carbonyl (C=O) groups excluding carboxylic acids is 3. The van der Waals surface area contributed by atoms with Crippen LogP contribution >= 0.6 is 0 Å². The number of allylic oxidation sites excluding steroid dienone is 1. The van der Waals surface area contributed by atoms with Crippen LogP contribution in [0.4, 0.5) is 0 Å². The number of morpholine rings is 1. The summed E-state index contributed by atoms with van der Waals surface area (Å²) >= 11 is 0. The maximum absolute atomic E-state index is 14.3. The van der Waals surface area contributed by atoms with Gasteiger partial charge in [0.1, 0.15) is 11.6 Å². The molecule has 4 heterocycles. The van der Waals surface area contributed by atoms with Gasteiger partial charge in [0, 0.05) is 32.7 Å². The van der Waals surface area contributed by atoms with Crippen LogP contribution in [0.5, 0.6) is 0 Å². The van der Waals surface area contributed by atoms with Crippen molar-refractivity contribution in [3.63, 3.8) is 0 Å². The zero-order chi connectivity index (χ0) is 27.3. The number of ether oxygens (including phenoxy) is 3. The van der Waals surface area contributed by atoms with Crippen molar-refractivity contribution in [2.24, 2.45) is 11.8 Å². The quantitative estimate of drug-likeness (QED) is 0.200. The van der Waals surface area contributed by atoms with Crippen molar-refractivity contribution in [3.05, 3.63) is 25.3 Å². The standard InChI is InChI=1S/C28H43N3O7/c1-4-7-8-16-37-27(35)22-21-9-10-28(38-21)23(22)25(33)31(20(6-3)19-32)24(28)26(34)30(11-5-2)13-12-29-14-17-36-18-15-29/h4-5,20-24,32H,1-2,6-19H2,3H3/t20-,21+,22-,23-,24?,28?/m0/s1. The molecule has 0 aliphatic carbocycles. The lowest BCUT2D eigenvalue weighted by Gasteiger charge is -2.39. The topological polar surface area (TPSA) is 109 Å². The first kappa shape index (κ1) is 28.7. The molecular formula is C28H43N3O7. The Morgan fingerprint density at radius 2 is 2.05 bits per heavy atom. The molecule has 4 aliphatic heterocycles. The highest BCUT2D eigenvalue weighted by Crippen LogP contribution is 2.59. The molecule has 38 heavy (non-hydrogen) atoms. The number of nitrogens with zero attached hydrogens (tertiary/aromatic N) is 3. The van der Waals surface area contributed by atoms with Crippen molar-refractivity contribution in [1.29, 1.82) is 0 Å². The van der Waals surface area contributed by atoms with Gasteiger partial charge in [-0.3, -0.25) is 19.3 Å². The van der Waals surface area contributed by atoms with E-state index in [1.807, 2.05) is 6.92 Å². The van der Waals surface area contributed by atoms with Crippen molar-refractivity contribution in [2.45, 2.75) is 62.8 Å². The van der Waals surface area contributed by atoms with Crippen molar-refractivity contribution < 1.29 is 33.7 Å². The van der Waals surface area contributed by atoms with Gasteiger partial charge in [-0.1, -0.05) is 19.1 Å². The van der Waals surface area contributed by atoms with Gasteiger partial charge in [-0.15, -0.1) is 13.2 Å². The third-order valence-electron chi connectivity index (χ3n) is 8.57. The highest BCUT2D eigenvalue weighted by molar-refractivity contribution is 5.98. The Hall–Kier alpha value is -2.27. The SMILES string of the molecule is C=CCCCOC(=O)[C@@H]1[C@H]2C(=O)N([C@@H](CC)CO)C(C(=O)N(CC=C)CCN3CCOCC3)C23CC[C@H]1O3. The molecule has 212 valence electrons. The lowest BCUT2D eigenvalue weighted by molar-refractivity contribution is -0.156. The molecule has 4 fully saturated rings. The van der Waals surface area contributed by atoms with E-state index in [-0.39, 0.29) is 25.0 Å². The fourth-order valence-electron chi connectivity index (χ4n) is 6.65. The van der Waals surface area contributed by atoms with Gasteiger partial charge in [-0.05, 0) is 32.1 Å². The van der Waals surface area contributed by atoms with E-state index in [2.05, 4.69) is 18.1 Å². The molecule has 2 bridgehead atoms. The summed E-state index contributed by atoms with van der Waals surface area (Å²) in [6.07, 6.45) is 5.96. The lowest BCUT2D eigenvalue weighted by Crippen LogP contribution is -2.59. The van der Waals surface area contributed by atoms with Crippen LogP contribution in [0.15, 0.2) is 25.3 Å². The highest BCUT2D eigenvalue weighted by Gasteiger charge is 2.75. The number of amides is 2. The maximum atomic E-state index is 14.3. The molecule has 1 N–H and O–H groups in total. The summed E-state index contributed by atoms with van der Waals surface area (Å²) < 4.78 is 17.5. The van der Waals surface area contributed by atoms with Crippen LogP contribution in [-0.2, 0) is 28.6 Å². The Labute approximate surface area is 225 Å². The molecule has 10 nitrogen and oxygen atoms in total. The van der Waals surface area contributed by atoms with Crippen molar-refractivity contribution >= 4 is 17.8 Å². The molecule has 4 rings (SSSR count). The Balaban J connectivity index is 1.61. The van der Waals surface area contributed by atoms with Crippen LogP contribution in [0.1, 0.15) is 39.0 Å². The molecule has 0 saturated carbocycles. The monoisotopic (exact) mass is 533 g/mol. The number of aliphatic hydroxyl groups excluding tert-OH is 1. The molecule has 0 aromatic rings. The maximum Gasteiger partial charge on any atom is 0.312 e. The van der Waals surface area contributed by atoms with E-state index in [1.165, 1.54) is 4.90 Å². The number of aliphatic hydroxyl groups is 1. The van der Waals surface area contributed by atoms with Gasteiger partial charge in [-0.25, -0.2) is 0 Å². The second-order valence-corrected chi connectivity index (χ2v) is 10.7. The summed E-state index contributed by atoms with van der Waals surface area (Å²) in [5.74, 6) is -2.52. The van der Waals surface area contributed by atoms with E-state index in [4.69, 9.17) is 14.2 Å². The molecule has 6 atom stereocenters. The molecule has 1 spiro atoms. The van der Waals surface area contributed by atoms with Gasteiger partial charge in [-0.2, -0.15) is 0 Å². The first-order chi connectivity index (χ1) is 18.4. The number of fused-ring (bicyclic) bond motifs is 1. The van der Waals surface area contributed by atoms with E-state index in [0.717, 1.165) is 19.5 Å². The predicted molar refractivity (Wildman–Crippen MR) is 140 cm³/mol. The fourth-order valence-corrected chi connectivity index (χ4v) is 6.65. The third-order valence-corrected chi connectivity index (χ3v) is 8.57. The number of carbonyl (C=O) groups is 3. The van der Waals surface area contributed by atoms with Gasteiger partial charge in [0.15, 0.2) is 0 Å². The molecule has 2 amide bonds. The average molecular weight is 534 g/mol. The summed E-state index contributed by atoms with van der Waals surface area (Å²) in [6, 6.07) is -1.46. The molecule has 4 saturated heterocycles. The van der Waals surface area contributed by atoms with Gasteiger partial charge in [0.05, 0.1) is 50.4 Å². The fraction of sp³-hybridized carbons (Fsp3) is 0.750. The normalized spacial score (nSPS) is 31.2. The molecule has 0 aromatic carbocycles. The summed E-state index contributed by atoms with van der Waals surface area (Å²) in [5, 5.41) is 10.2. The minimum absolute atomic E-state index is 0.221. The predicted octanol–water partition coefficient (Wildman–Crippen LogP) is 0.988. The molecule has 2 unspecified atom stereocenters. The number of esters is 1. The van der Waals surface area contributed by atoms with Gasteiger partial charge in [0.2, 0.25) is 11.8 Å². The van der Waals surface area contributed by atoms with Crippen LogP contribution in [0.3, 0.4) is 0 Å². The highest BCUT2D eigenvalue weighted by atomic mass is 16.6. The van der Waals surface area contributed by atoms with Crippen LogP contribution in [-0.4, -0.2) is 121 Å². The Morgan fingerprint density at radius 3 is 2.71 bits per heavy atom. The van der Waals surface area contributed by atoms with Crippen LogP contribution < -0.4 is 0 Å². The van der Waals surface area contributed by atoms with E-state index < -0.39 is 41.6 Å². The minimum Gasteiger partial charge on any atom is -0.465 e. The van der Waals surface area contributed by atoms with E-state index in [9.17, 15) is 19.5 Å². The first-order valence-electron chi connectivity index (χ1n) is 14.0. The molecule has 0 radical (unpaired) electrons. The summed E-state index contributed by atoms with van der Waals surface area (Å²) in [6.45, 7) is 13.8. The molecule has 0 aromatic heterocycles. The van der Waals surface area contributed by atoms with E-state index >= 15 is 0 Å². The average Bonchev–Trinajstić information content (AvgIpc) is 3.58. The summed E-state index contributed by atoms with van der Waals surface area (Å²) in [5.41, 5.74) is -1.11. The Bertz CT molecular complexity index is 888. The van der Waals surface area contributed by atoms with Crippen LogP contribution in [0, 0.1) is 11.8 Å². The van der Waals surface area contributed by atoms with Crippen molar-refractivity contribution in [3.8, 4) is 0 Å².